The third-order valence-electron chi connectivity index (χ3n) is 3.11. The Morgan fingerprint density at radius 2 is 1.91 bits per heavy atom. The van der Waals surface area contributed by atoms with Gasteiger partial charge in [-0.2, -0.15) is 5.10 Å². The predicted octanol–water partition coefficient (Wildman–Crippen LogP) is 1.47. The molecule has 0 bridgehead atoms. The summed E-state index contributed by atoms with van der Waals surface area (Å²) >= 11 is 0. The van der Waals surface area contributed by atoms with E-state index in [9.17, 15) is 18.0 Å². The molecule has 0 unspecified atom stereocenters. The number of nitrogens with zero attached hydrogens (tertiary/aromatic N) is 5. The van der Waals surface area contributed by atoms with E-state index in [4.69, 9.17) is 0 Å². The zero-order valence-electron chi connectivity index (χ0n) is 11.8. The largest absolute Gasteiger partial charge is 0.573 e. The van der Waals surface area contributed by atoms with Crippen LogP contribution in [0.15, 0.2) is 35.3 Å². The Morgan fingerprint density at radius 1 is 1.22 bits per heavy atom. The van der Waals surface area contributed by atoms with Crippen LogP contribution < -0.4 is 10.3 Å². The van der Waals surface area contributed by atoms with Crippen LogP contribution in [0.1, 0.15) is 5.56 Å². The van der Waals surface area contributed by atoms with Crippen molar-refractivity contribution in [3.63, 3.8) is 0 Å². The number of rotatable bonds is 3. The Kier molecular flexibility index (Phi) is 3.51. The van der Waals surface area contributed by atoms with Crippen molar-refractivity contribution in [2.24, 2.45) is 7.05 Å². The van der Waals surface area contributed by atoms with Crippen LogP contribution in [-0.4, -0.2) is 31.1 Å². The van der Waals surface area contributed by atoms with Gasteiger partial charge in [0.2, 0.25) is 0 Å². The second-order valence-electron chi connectivity index (χ2n) is 4.75. The highest BCUT2D eigenvalue weighted by atomic mass is 19.4. The topological polar surface area (TPSA) is 74.8 Å². The van der Waals surface area contributed by atoms with E-state index in [1.165, 1.54) is 35.1 Å². The molecule has 10 heteroatoms. The Morgan fingerprint density at radius 3 is 2.57 bits per heavy atom. The number of halogens is 3. The molecule has 0 fully saturated rings. The van der Waals surface area contributed by atoms with Crippen molar-refractivity contribution in [1.29, 1.82) is 0 Å². The van der Waals surface area contributed by atoms with Gasteiger partial charge in [0.25, 0.3) is 5.56 Å². The minimum absolute atomic E-state index is 0.0724. The van der Waals surface area contributed by atoms with Gasteiger partial charge in [-0.15, -0.1) is 18.3 Å². The highest BCUT2D eigenvalue weighted by Crippen LogP contribution is 2.22. The lowest BCUT2D eigenvalue weighted by Crippen LogP contribution is -2.24. The lowest BCUT2D eigenvalue weighted by Gasteiger charge is -2.09. The van der Waals surface area contributed by atoms with E-state index >= 15 is 0 Å². The van der Waals surface area contributed by atoms with E-state index < -0.39 is 6.36 Å². The van der Waals surface area contributed by atoms with E-state index in [0.29, 0.717) is 16.6 Å². The Balaban J connectivity index is 1.85. The van der Waals surface area contributed by atoms with Gasteiger partial charge in [0.05, 0.1) is 12.7 Å². The van der Waals surface area contributed by atoms with Gasteiger partial charge >= 0.3 is 6.36 Å². The monoisotopic (exact) mass is 325 g/mol. The normalized spacial score (nSPS) is 11.8. The van der Waals surface area contributed by atoms with E-state index in [1.807, 2.05) is 0 Å². The summed E-state index contributed by atoms with van der Waals surface area (Å²) in [6.45, 7) is 0.0724. The number of alkyl halides is 3. The molecule has 0 N–H and O–H groups in total. The first-order valence-electron chi connectivity index (χ1n) is 6.44. The molecule has 0 aliphatic heterocycles. The molecule has 0 saturated carbocycles. The summed E-state index contributed by atoms with van der Waals surface area (Å²) in [4.78, 5) is 12.2. The maximum absolute atomic E-state index is 12.2. The molecule has 0 aliphatic carbocycles. The molecular formula is C13H10F3N5O2. The Hall–Kier alpha value is -2.91. The van der Waals surface area contributed by atoms with Gasteiger partial charge in [-0.1, -0.05) is 17.3 Å². The van der Waals surface area contributed by atoms with E-state index in [1.54, 1.807) is 7.05 Å². The molecule has 0 atom stereocenters. The van der Waals surface area contributed by atoms with E-state index in [2.05, 4.69) is 20.1 Å². The molecular weight excluding hydrogens is 315 g/mol. The van der Waals surface area contributed by atoms with Gasteiger partial charge in [-0.05, 0) is 17.7 Å². The fourth-order valence-electron chi connectivity index (χ4n) is 2.05. The molecule has 23 heavy (non-hydrogen) atoms. The first kappa shape index (κ1) is 15.0. The van der Waals surface area contributed by atoms with Crippen molar-refractivity contribution in [2.75, 3.05) is 0 Å². The van der Waals surface area contributed by atoms with Gasteiger partial charge in [0.15, 0.2) is 5.65 Å². The SMILES string of the molecule is Cn1ncc2c(=O)n(Cc3ccc(OC(F)(F)F)cc3)nnc21. The molecule has 7 nitrogen and oxygen atoms in total. The third kappa shape index (κ3) is 3.15. The summed E-state index contributed by atoms with van der Waals surface area (Å²) in [7, 11) is 1.64. The van der Waals surface area contributed by atoms with Gasteiger partial charge in [0.1, 0.15) is 11.1 Å². The molecule has 0 radical (unpaired) electrons. The zero-order valence-corrected chi connectivity index (χ0v) is 11.8. The first-order valence-corrected chi connectivity index (χ1v) is 6.44. The fraction of sp³-hybridized carbons (Fsp3) is 0.231. The summed E-state index contributed by atoms with van der Waals surface area (Å²) in [6, 6.07) is 5.18. The first-order chi connectivity index (χ1) is 10.8. The molecule has 2 aromatic heterocycles. The van der Waals surface area contributed by atoms with Crippen LogP contribution in [0.2, 0.25) is 0 Å². The van der Waals surface area contributed by atoms with Crippen LogP contribution in [0.5, 0.6) is 5.75 Å². The maximum Gasteiger partial charge on any atom is 0.573 e. The van der Waals surface area contributed by atoms with Crippen LogP contribution in [-0.2, 0) is 13.6 Å². The number of hydrogen-bond donors (Lipinski definition) is 0. The number of fused-ring (bicyclic) bond motifs is 1. The van der Waals surface area contributed by atoms with Gasteiger partial charge in [-0.25, -0.2) is 9.36 Å². The molecule has 3 rings (SSSR count). The average molecular weight is 325 g/mol. The molecule has 120 valence electrons. The van der Waals surface area contributed by atoms with Crippen LogP contribution in [0.25, 0.3) is 11.0 Å². The molecule has 3 aromatic rings. The molecule has 2 heterocycles. The smallest absolute Gasteiger partial charge is 0.406 e. The van der Waals surface area contributed by atoms with Crippen molar-refractivity contribution >= 4 is 11.0 Å². The van der Waals surface area contributed by atoms with E-state index in [-0.39, 0.29) is 17.9 Å². The standard InChI is InChI=1S/C13H10F3N5O2/c1-20-11-10(6-17-20)12(22)21(19-18-11)7-8-2-4-9(5-3-8)23-13(14,15)16/h2-6H,7H2,1H3. The average Bonchev–Trinajstić information content (AvgIpc) is 2.85. The number of aryl methyl sites for hydroxylation is 1. The molecule has 0 aliphatic rings. The Bertz CT molecular complexity index is 899. The van der Waals surface area contributed by atoms with E-state index in [0.717, 1.165) is 4.68 Å². The second kappa shape index (κ2) is 5.38. The number of aromatic nitrogens is 5. The summed E-state index contributed by atoms with van der Waals surface area (Å²) in [5.74, 6) is -0.331. The molecule has 0 spiro atoms. The highest BCUT2D eigenvalue weighted by Gasteiger charge is 2.30. The van der Waals surface area contributed by atoms with Crippen molar-refractivity contribution in [3.05, 3.63) is 46.4 Å². The summed E-state index contributed by atoms with van der Waals surface area (Å²) < 4.78 is 42.6. The second-order valence-corrected chi connectivity index (χ2v) is 4.75. The summed E-state index contributed by atoms with van der Waals surface area (Å²) in [5.41, 5.74) is 0.568. The molecule has 0 saturated heterocycles. The van der Waals surface area contributed by atoms with Crippen LogP contribution in [0, 0.1) is 0 Å². The van der Waals surface area contributed by atoms with Gasteiger partial charge in [0, 0.05) is 7.05 Å². The van der Waals surface area contributed by atoms with Gasteiger partial charge in [-0.3, -0.25) is 4.79 Å². The van der Waals surface area contributed by atoms with Crippen molar-refractivity contribution in [2.45, 2.75) is 12.9 Å². The summed E-state index contributed by atoms with van der Waals surface area (Å²) in [5, 5.41) is 11.9. The maximum atomic E-state index is 12.2. The lowest BCUT2D eigenvalue weighted by atomic mass is 10.2. The van der Waals surface area contributed by atoms with Crippen molar-refractivity contribution < 1.29 is 17.9 Å². The predicted molar refractivity (Wildman–Crippen MR) is 72.8 cm³/mol. The fourth-order valence-corrected chi connectivity index (χ4v) is 2.05. The lowest BCUT2D eigenvalue weighted by molar-refractivity contribution is -0.274. The zero-order chi connectivity index (χ0) is 16.6. The summed E-state index contributed by atoms with van der Waals surface area (Å²) in [6.07, 6.45) is -3.35. The number of hydrogen-bond acceptors (Lipinski definition) is 5. The molecule has 0 amide bonds. The quantitative estimate of drug-likeness (QED) is 0.729. The van der Waals surface area contributed by atoms with Crippen molar-refractivity contribution in [1.82, 2.24) is 24.8 Å². The van der Waals surface area contributed by atoms with Crippen LogP contribution in [0.3, 0.4) is 0 Å². The molecule has 1 aromatic carbocycles. The third-order valence-corrected chi connectivity index (χ3v) is 3.11. The Labute approximate surface area is 126 Å². The van der Waals surface area contributed by atoms with Crippen molar-refractivity contribution in [3.8, 4) is 5.75 Å². The van der Waals surface area contributed by atoms with Crippen LogP contribution in [0.4, 0.5) is 13.2 Å². The highest BCUT2D eigenvalue weighted by molar-refractivity contribution is 5.72. The number of benzene rings is 1. The van der Waals surface area contributed by atoms with Crippen LogP contribution >= 0.6 is 0 Å². The number of ether oxygens (including phenoxy) is 1. The van der Waals surface area contributed by atoms with Gasteiger partial charge < -0.3 is 4.74 Å². The minimum Gasteiger partial charge on any atom is -0.406 e. The minimum atomic E-state index is -4.74.